The second-order valence-electron chi connectivity index (χ2n) is 5.45. The molecular weight excluding hydrogens is 280 g/mol. The molecule has 1 saturated heterocycles. The van der Waals surface area contributed by atoms with Crippen molar-refractivity contribution in [1.82, 2.24) is 10.2 Å². The molecule has 0 unspecified atom stereocenters. The van der Waals surface area contributed by atoms with Gasteiger partial charge in [-0.05, 0) is 12.0 Å². The summed E-state index contributed by atoms with van der Waals surface area (Å²) in [5.41, 5.74) is 0.823. The van der Waals surface area contributed by atoms with Crippen LogP contribution in [0.25, 0.3) is 0 Å². The van der Waals surface area contributed by atoms with Gasteiger partial charge in [0.2, 0.25) is 11.8 Å². The molecule has 0 saturated carbocycles. The Kier molecular flexibility index (Phi) is 6.40. The highest BCUT2D eigenvalue weighted by Gasteiger charge is 2.28. The third-order valence-electron chi connectivity index (χ3n) is 3.77. The molecule has 120 valence electrons. The van der Waals surface area contributed by atoms with E-state index >= 15 is 0 Å². The van der Waals surface area contributed by atoms with E-state index in [4.69, 9.17) is 4.74 Å². The summed E-state index contributed by atoms with van der Waals surface area (Å²) in [7, 11) is 0. The molecule has 5 heteroatoms. The molecule has 0 bridgehead atoms. The first-order chi connectivity index (χ1) is 10.7. The molecule has 1 N–H and O–H groups in total. The number of nitrogens with zero attached hydrogens (tertiary/aromatic N) is 1. The first-order valence-electron chi connectivity index (χ1n) is 7.93. The van der Waals surface area contributed by atoms with E-state index in [0.29, 0.717) is 32.7 Å². The van der Waals surface area contributed by atoms with Crippen LogP contribution in [0.3, 0.4) is 0 Å². The molecule has 0 radical (unpaired) electrons. The van der Waals surface area contributed by atoms with Gasteiger partial charge in [0.05, 0.1) is 13.2 Å². The van der Waals surface area contributed by atoms with Crippen LogP contribution in [0.4, 0.5) is 0 Å². The molecule has 2 rings (SSSR count). The van der Waals surface area contributed by atoms with E-state index in [1.165, 1.54) is 0 Å². The molecule has 1 aliphatic rings. The summed E-state index contributed by atoms with van der Waals surface area (Å²) in [6.07, 6.45) is 2.25. The fourth-order valence-electron chi connectivity index (χ4n) is 2.47. The lowest BCUT2D eigenvalue weighted by Crippen LogP contribution is -2.47. The van der Waals surface area contributed by atoms with Gasteiger partial charge < -0.3 is 15.0 Å². The van der Waals surface area contributed by atoms with E-state index in [1.807, 2.05) is 37.3 Å². The molecule has 1 aliphatic heterocycles. The van der Waals surface area contributed by atoms with Crippen molar-refractivity contribution in [3.8, 4) is 0 Å². The van der Waals surface area contributed by atoms with Crippen molar-refractivity contribution < 1.29 is 14.3 Å². The molecule has 0 aromatic heterocycles. The summed E-state index contributed by atoms with van der Waals surface area (Å²) in [6, 6.07) is 8.81. The lowest BCUT2D eigenvalue weighted by Gasteiger charge is -2.31. The van der Waals surface area contributed by atoms with Crippen molar-refractivity contribution in [2.24, 2.45) is 0 Å². The average molecular weight is 304 g/mol. The highest BCUT2D eigenvalue weighted by atomic mass is 16.5. The van der Waals surface area contributed by atoms with Gasteiger partial charge in [-0.25, -0.2) is 0 Å². The molecule has 1 aromatic rings. The summed E-state index contributed by atoms with van der Waals surface area (Å²) in [4.78, 5) is 26.6. The number of amides is 2. The van der Waals surface area contributed by atoms with E-state index < -0.39 is 6.04 Å². The van der Waals surface area contributed by atoms with Crippen LogP contribution < -0.4 is 5.32 Å². The summed E-state index contributed by atoms with van der Waals surface area (Å²) in [5, 5.41) is 2.89. The second kappa shape index (κ2) is 8.54. The van der Waals surface area contributed by atoms with Gasteiger partial charge in [0, 0.05) is 19.5 Å². The molecule has 1 atom stereocenters. The van der Waals surface area contributed by atoms with Gasteiger partial charge in [0.25, 0.3) is 0 Å². The maximum Gasteiger partial charge on any atom is 0.249 e. The number of ether oxygens (including phenoxy) is 1. The summed E-state index contributed by atoms with van der Waals surface area (Å²) in [6.45, 7) is 4.30. The monoisotopic (exact) mass is 304 g/mol. The molecule has 22 heavy (non-hydrogen) atoms. The Labute approximate surface area is 131 Å². The van der Waals surface area contributed by atoms with Crippen molar-refractivity contribution in [2.45, 2.75) is 32.2 Å². The maximum absolute atomic E-state index is 12.8. The number of hydrogen-bond acceptors (Lipinski definition) is 3. The Bertz CT molecular complexity index is 484. The molecule has 0 aliphatic carbocycles. The van der Waals surface area contributed by atoms with E-state index in [1.54, 1.807) is 4.90 Å². The van der Waals surface area contributed by atoms with Gasteiger partial charge in [0.1, 0.15) is 6.04 Å². The van der Waals surface area contributed by atoms with Crippen molar-refractivity contribution >= 4 is 11.8 Å². The van der Waals surface area contributed by atoms with E-state index in [9.17, 15) is 9.59 Å². The minimum absolute atomic E-state index is 0.0562. The SMILES string of the molecule is CCCCC(=O)N[C@H](C(=O)N1CCOCC1)c1ccccc1. The van der Waals surface area contributed by atoms with Gasteiger partial charge in [0.15, 0.2) is 0 Å². The fourth-order valence-corrected chi connectivity index (χ4v) is 2.47. The van der Waals surface area contributed by atoms with Gasteiger partial charge in [-0.2, -0.15) is 0 Å². The lowest BCUT2D eigenvalue weighted by molar-refractivity contribution is -0.140. The first kappa shape index (κ1) is 16.5. The predicted molar refractivity (Wildman–Crippen MR) is 84.2 cm³/mol. The first-order valence-corrected chi connectivity index (χ1v) is 7.93. The normalized spacial score (nSPS) is 16.1. The number of unbranched alkanes of at least 4 members (excludes halogenated alkanes) is 1. The minimum atomic E-state index is -0.608. The van der Waals surface area contributed by atoms with Crippen LogP contribution in [0.15, 0.2) is 30.3 Å². The Hall–Kier alpha value is -1.88. The number of benzene rings is 1. The Morgan fingerprint density at radius 1 is 1.23 bits per heavy atom. The number of carbonyl (C=O) groups excluding carboxylic acids is 2. The standard InChI is InChI=1S/C17H24N2O3/c1-2-3-9-15(20)18-16(14-7-5-4-6-8-14)17(21)19-10-12-22-13-11-19/h4-8,16H,2-3,9-13H2,1H3,(H,18,20)/t16-/m0/s1. The average Bonchev–Trinajstić information content (AvgIpc) is 2.59. The third kappa shape index (κ3) is 4.56. The molecule has 1 fully saturated rings. The number of hydrogen-bond donors (Lipinski definition) is 1. The highest BCUT2D eigenvalue weighted by Crippen LogP contribution is 2.17. The van der Waals surface area contributed by atoms with Crippen LogP contribution in [0, 0.1) is 0 Å². The molecule has 1 heterocycles. The largest absolute Gasteiger partial charge is 0.378 e. The zero-order valence-corrected chi connectivity index (χ0v) is 13.1. The van der Waals surface area contributed by atoms with Crippen LogP contribution in [-0.4, -0.2) is 43.0 Å². The Morgan fingerprint density at radius 2 is 1.91 bits per heavy atom. The number of morpholine rings is 1. The van der Waals surface area contributed by atoms with Gasteiger partial charge >= 0.3 is 0 Å². The van der Waals surface area contributed by atoms with Crippen LogP contribution in [0.2, 0.25) is 0 Å². The van der Waals surface area contributed by atoms with Crippen LogP contribution in [0.5, 0.6) is 0 Å². The van der Waals surface area contributed by atoms with E-state index in [-0.39, 0.29) is 11.8 Å². The smallest absolute Gasteiger partial charge is 0.249 e. The summed E-state index contributed by atoms with van der Waals surface area (Å²) >= 11 is 0. The van der Waals surface area contributed by atoms with Crippen molar-refractivity contribution in [3.05, 3.63) is 35.9 Å². The predicted octanol–water partition coefficient (Wildman–Crippen LogP) is 1.89. The minimum Gasteiger partial charge on any atom is -0.378 e. The second-order valence-corrected chi connectivity index (χ2v) is 5.45. The van der Waals surface area contributed by atoms with Gasteiger partial charge in [-0.3, -0.25) is 9.59 Å². The molecule has 0 spiro atoms. The zero-order valence-electron chi connectivity index (χ0n) is 13.1. The van der Waals surface area contributed by atoms with E-state index in [0.717, 1.165) is 18.4 Å². The van der Waals surface area contributed by atoms with Crippen LogP contribution in [0.1, 0.15) is 37.8 Å². The molecule has 5 nitrogen and oxygen atoms in total. The highest BCUT2D eigenvalue weighted by molar-refractivity contribution is 5.88. The maximum atomic E-state index is 12.8. The van der Waals surface area contributed by atoms with Crippen LogP contribution in [-0.2, 0) is 14.3 Å². The van der Waals surface area contributed by atoms with Gasteiger partial charge in [-0.15, -0.1) is 0 Å². The topological polar surface area (TPSA) is 58.6 Å². The number of nitrogens with one attached hydrogen (secondary N) is 1. The number of carbonyl (C=O) groups is 2. The Morgan fingerprint density at radius 3 is 2.55 bits per heavy atom. The molecule has 1 aromatic carbocycles. The summed E-state index contributed by atoms with van der Waals surface area (Å²) < 4.78 is 5.29. The van der Waals surface area contributed by atoms with Crippen LogP contribution >= 0.6 is 0 Å². The van der Waals surface area contributed by atoms with Crippen molar-refractivity contribution in [2.75, 3.05) is 26.3 Å². The van der Waals surface area contributed by atoms with Gasteiger partial charge in [-0.1, -0.05) is 43.7 Å². The molecule has 2 amide bonds. The van der Waals surface area contributed by atoms with Crippen molar-refractivity contribution in [3.63, 3.8) is 0 Å². The van der Waals surface area contributed by atoms with Crippen molar-refractivity contribution in [1.29, 1.82) is 0 Å². The lowest BCUT2D eigenvalue weighted by atomic mass is 10.0. The molecular formula is C17H24N2O3. The van der Waals surface area contributed by atoms with E-state index in [2.05, 4.69) is 5.32 Å². The quantitative estimate of drug-likeness (QED) is 0.873. The zero-order chi connectivity index (χ0) is 15.8. The Balaban J connectivity index is 2.10. The third-order valence-corrected chi connectivity index (χ3v) is 3.77. The summed E-state index contributed by atoms with van der Waals surface area (Å²) in [5.74, 6) is -0.128. The fraction of sp³-hybridized carbons (Fsp3) is 0.529. The number of rotatable bonds is 6.